The van der Waals surface area contributed by atoms with Crippen molar-refractivity contribution in [3.05, 3.63) is 66.1 Å². The Bertz CT molecular complexity index is 1060. The van der Waals surface area contributed by atoms with Crippen LogP contribution in [0.3, 0.4) is 0 Å². The van der Waals surface area contributed by atoms with Gasteiger partial charge in [-0.1, -0.05) is 12.1 Å². The molecule has 7 nitrogen and oxygen atoms in total. The van der Waals surface area contributed by atoms with Gasteiger partial charge in [-0.15, -0.1) is 0 Å². The summed E-state index contributed by atoms with van der Waals surface area (Å²) in [6, 6.07) is 13.7. The summed E-state index contributed by atoms with van der Waals surface area (Å²) in [4.78, 5) is 30.6. The molecule has 0 saturated carbocycles. The van der Waals surface area contributed by atoms with E-state index in [1.165, 1.54) is 0 Å². The van der Waals surface area contributed by atoms with Gasteiger partial charge in [-0.25, -0.2) is 9.97 Å². The van der Waals surface area contributed by atoms with Crippen LogP contribution in [0.4, 0.5) is 5.82 Å². The average Bonchev–Trinajstić information content (AvgIpc) is 2.85. The number of pyridine rings is 1. The Morgan fingerprint density at radius 3 is 2.52 bits per heavy atom. The number of hydrogen-bond acceptors (Lipinski definition) is 6. The lowest BCUT2D eigenvalue weighted by molar-refractivity contribution is -0.131. The molecule has 0 atom stereocenters. The van der Waals surface area contributed by atoms with Gasteiger partial charge in [0.1, 0.15) is 11.6 Å². The van der Waals surface area contributed by atoms with Crippen molar-refractivity contribution in [2.75, 3.05) is 38.7 Å². The summed E-state index contributed by atoms with van der Waals surface area (Å²) in [5, 5.41) is 0. The van der Waals surface area contributed by atoms with Gasteiger partial charge in [0, 0.05) is 62.8 Å². The van der Waals surface area contributed by atoms with Crippen LogP contribution in [0.1, 0.15) is 36.9 Å². The highest BCUT2D eigenvalue weighted by atomic mass is 16.5. The largest absolute Gasteiger partial charge is 0.494 e. The van der Waals surface area contributed by atoms with E-state index in [2.05, 4.69) is 11.1 Å². The molecule has 0 unspecified atom stereocenters. The summed E-state index contributed by atoms with van der Waals surface area (Å²) in [5.74, 6) is 2.88. The fraction of sp³-hybridized carbons (Fsp3) is 0.385. The zero-order chi connectivity index (χ0) is 23.2. The number of likely N-dealkylation sites (tertiary alicyclic amines) is 1. The van der Waals surface area contributed by atoms with Gasteiger partial charge in [-0.2, -0.15) is 0 Å². The third-order valence-electron chi connectivity index (χ3n) is 5.97. The number of ether oxygens (including phenoxy) is 1. The van der Waals surface area contributed by atoms with E-state index in [9.17, 15) is 4.79 Å². The number of piperidine rings is 1. The van der Waals surface area contributed by atoms with Gasteiger partial charge in [0.25, 0.3) is 0 Å². The molecule has 1 saturated heterocycles. The van der Waals surface area contributed by atoms with Crippen molar-refractivity contribution < 1.29 is 9.53 Å². The highest BCUT2D eigenvalue weighted by molar-refractivity contribution is 5.79. The molecule has 0 spiro atoms. The number of benzene rings is 1. The summed E-state index contributed by atoms with van der Waals surface area (Å²) >= 11 is 0. The Kier molecular flexibility index (Phi) is 7.17. The van der Waals surface area contributed by atoms with Crippen LogP contribution < -0.4 is 9.64 Å². The maximum atomic E-state index is 12.9. The van der Waals surface area contributed by atoms with E-state index >= 15 is 0 Å². The first-order chi connectivity index (χ1) is 16.0. The molecule has 33 heavy (non-hydrogen) atoms. The van der Waals surface area contributed by atoms with Gasteiger partial charge >= 0.3 is 0 Å². The molecular weight excluding hydrogens is 414 g/mol. The molecule has 0 N–H and O–H groups in total. The predicted molar refractivity (Wildman–Crippen MR) is 129 cm³/mol. The molecule has 3 heterocycles. The molecular formula is C26H31N5O2. The summed E-state index contributed by atoms with van der Waals surface area (Å²) in [6.07, 6.45) is 5.75. The molecule has 172 valence electrons. The quantitative estimate of drug-likeness (QED) is 0.548. The van der Waals surface area contributed by atoms with Crippen molar-refractivity contribution >= 4 is 11.7 Å². The second-order valence-electron chi connectivity index (χ2n) is 8.52. The van der Waals surface area contributed by atoms with Crippen LogP contribution >= 0.6 is 0 Å². The molecule has 1 amide bonds. The zero-order valence-corrected chi connectivity index (χ0v) is 19.6. The van der Waals surface area contributed by atoms with Gasteiger partial charge in [-0.3, -0.25) is 9.78 Å². The van der Waals surface area contributed by atoms with Gasteiger partial charge in [0.05, 0.1) is 13.0 Å². The van der Waals surface area contributed by atoms with Crippen LogP contribution in [0, 0.1) is 0 Å². The number of aromatic nitrogens is 3. The number of hydrogen-bond donors (Lipinski definition) is 0. The van der Waals surface area contributed by atoms with Crippen LogP contribution in [0.2, 0.25) is 0 Å². The van der Waals surface area contributed by atoms with Crippen LogP contribution in [0.5, 0.6) is 5.75 Å². The second-order valence-corrected chi connectivity index (χ2v) is 8.52. The fourth-order valence-electron chi connectivity index (χ4n) is 4.10. The van der Waals surface area contributed by atoms with Crippen molar-refractivity contribution in [2.24, 2.45) is 0 Å². The summed E-state index contributed by atoms with van der Waals surface area (Å²) in [6.45, 7) is 4.08. The number of carbonyl (C=O) groups is 1. The van der Waals surface area contributed by atoms with E-state index in [4.69, 9.17) is 14.7 Å². The smallest absolute Gasteiger partial charge is 0.226 e. The minimum atomic E-state index is 0.172. The maximum absolute atomic E-state index is 12.9. The monoisotopic (exact) mass is 445 g/mol. The van der Waals surface area contributed by atoms with Gasteiger partial charge < -0.3 is 14.5 Å². The van der Waals surface area contributed by atoms with Crippen molar-refractivity contribution in [1.82, 2.24) is 19.9 Å². The number of amides is 1. The first-order valence-corrected chi connectivity index (χ1v) is 11.5. The van der Waals surface area contributed by atoms with Crippen LogP contribution in [0.25, 0.3) is 11.4 Å². The number of rotatable bonds is 7. The van der Waals surface area contributed by atoms with Crippen LogP contribution in [0.15, 0.2) is 54.9 Å². The zero-order valence-electron chi connectivity index (χ0n) is 19.6. The van der Waals surface area contributed by atoms with Gasteiger partial charge in [0.15, 0.2) is 5.82 Å². The van der Waals surface area contributed by atoms with Crippen molar-refractivity contribution in [1.29, 1.82) is 0 Å². The lowest BCUT2D eigenvalue weighted by Crippen LogP contribution is -2.39. The minimum Gasteiger partial charge on any atom is -0.494 e. The SMILES string of the molecule is CCOc1ccc(CC(=O)N2CCC(c3cc(N(C)C)nc(-c4cccnc4)n3)CC2)cc1. The van der Waals surface area contributed by atoms with Gasteiger partial charge in [-0.05, 0) is 49.6 Å². The molecule has 4 rings (SSSR count). The van der Waals surface area contributed by atoms with E-state index in [0.717, 1.165) is 54.3 Å². The Labute approximate surface area is 195 Å². The molecule has 1 aromatic carbocycles. The average molecular weight is 446 g/mol. The molecule has 2 aromatic heterocycles. The van der Waals surface area contributed by atoms with Crippen LogP contribution in [-0.4, -0.2) is 59.6 Å². The molecule has 1 aliphatic heterocycles. The second kappa shape index (κ2) is 10.4. The number of anilines is 1. The first-order valence-electron chi connectivity index (χ1n) is 11.5. The van der Waals surface area contributed by atoms with E-state index in [1.54, 1.807) is 12.4 Å². The van der Waals surface area contributed by atoms with E-state index < -0.39 is 0 Å². The first kappa shape index (κ1) is 22.7. The van der Waals surface area contributed by atoms with Crippen molar-refractivity contribution in [3.63, 3.8) is 0 Å². The standard InChI is InChI=1S/C26H31N5O2/c1-4-33-22-9-7-19(8-10-22)16-25(32)31-14-11-20(12-15-31)23-17-24(30(2)3)29-26(28-23)21-6-5-13-27-18-21/h5-10,13,17-18,20H,4,11-12,14-16H2,1-3H3. The molecule has 3 aromatic rings. The normalized spacial score (nSPS) is 14.2. The van der Waals surface area contributed by atoms with E-state index in [-0.39, 0.29) is 5.91 Å². The van der Waals surface area contributed by atoms with E-state index in [1.807, 2.05) is 67.2 Å². The molecule has 1 fully saturated rings. The number of carbonyl (C=O) groups excluding carboxylic acids is 1. The molecule has 7 heteroatoms. The summed E-state index contributed by atoms with van der Waals surface area (Å²) < 4.78 is 5.48. The van der Waals surface area contributed by atoms with Crippen molar-refractivity contribution in [3.8, 4) is 17.1 Å². The molecule has 0 aliphatic carbocycles. The Balaban J connectivity index is 1.42. The molecule has 1 aliphatic rings. The summed E-state index contributed by atoms with van der Waals surface area (Å²) in [7, 11) is 3.97. The fourth-order valence-corrected chi connectivity index (χ4v) is 4.10. The van der Waals surface area contributed by atoms with Crippen molar-refractivity contribution in [2.45, 2.75) is 32.1 Å². The topological polar surface area (TPSA) is 71.5 Å². The maximum Gasteiger partial charge on any atom is 0.226 e. The third kappa shape index (κ3) is 5.66. The minimum absolute atomic E-state index is 0.172. The number of nitrogens with zero attached hydrogens (tertiary/aromatic N) is 5. The van der Waals surface area contributed by atoms with Crippen LogP contribution in [-0.2, 0) is 11.2 Å². The highest BCUT2D eigenvalue weighted by Gasteiger charge is 2.26. The van der Waals surface area contributed by atoms with E-state index in [0.29, 0.717) is 24.8 Å². The highest BCUT2D eigenvalue weighted by Crippen LogP contribution is 2.30. The Morgan fingerprint density at radius 2 is 1.88 bits per heavy atom. The Morgan fingerprint density at radius 1 is 1.12 bits per heavy atom. The third-order valence-corrected chi connectivity index (χ3v) is 5.97. The lowest BCUT2D eigenvalue weighted by atomic mass is 9.92. The molecule has 0 radical (unpaired) electrons. The molecule has 0 bridgehead atoms. The van der Waals surface area contributed by atoms with Gasteiger partial charge in [0.2, 0.25) is 5.91 Å². The predicted octanol–water partition coefficient (Wildman–Crippen LogP) is 3.95. The Hall–Kier alpha value is -3.48. The summed E-state index contributed by atoms with van der Waals surface area (Å²) in [5.41, 5.74) is 2.95. The lowest BCUT2D eigenvalue weighted by Gasteiger charge is -2.32.